The Bertz CT molecular complexity index is 691. The van der Waals surface area contributed by atoms with Crippen LogP contribution in [-0.4, -0.2) is 63.3 Å². The van der Waals surface area contributed by atoms with Gasteiger partial charge >= 0.3 is 24.3 Å². The van der Waals surface area contributed by atoms with Crippen molar-refractivity contribution in [2.24, 2.45) is 0 Å². The largest absolute Gasteiger partial charge is 0.490 e. The molecule has 152 valence electrons. The van der Waals surface area contributed by atoms with Crippen LogP contribution in [0.4, 0.5) is 26.3 Å². The number of carbonyl (C=O) groups excluding carboxylic acids is 2. The van der Waals surface area contributed by atoms with E-state index >= 15 is 0 Å². The third kappa shape index (κ3) is 5.05. The number of alkyl halides is 6. The Kier molecular flexibility index (Phi) is 5.91. The molecule has 0 aliphatic carbocycles. The fourth-order valence-electron chi connectivity index (χ4n) is 2.10. The SMILES string of the molecule is CCCn1nnc(C2OCC(OC(=O)C(F)(F)F)C2OC(=O)C(F)(F)F)n1. The topological polar surface area (TPSA) is 105 Å². The van der Waals surface area contributed by atoms with Crippen LogP contribution >= 0.6 is 0 Å². The van der Waals surface area contributed by atoms with Crippen molar-refractivity contribution in [1.82, 2.24) is 20.2 Å². The molecule has 1 aliphatic heterocycles. The van der Waals surface area contributed by atoms with Crippen LogP contribution in [0.25, 0.3) is 0 Å². The summed E-state index contributed by atoms with van der Waals surface area (Å²) in [6.45, 7) is 1.29. The minimum absolute atomic E-state index is 0.291. The molecule has 2 rings (SSSR count). The highest BCUT2D eigenvalue weighted by molar-refractivity contribution is 5.77. The minimum Gasteiger partial charge on any atom is -0.449 e. The standard InChI is InChI=1S/C12H12F6N4O5/c1-2-3-22-20-8(19-21-22)7-6(27-10(24)12(16,17)18)5(4-25-7)26-9(23)11(13,14)15/h5-7H,2-4H2,1H3. The van der Waals surface area contributed by atoms with Crippen LogP contribution in [0.5, 0.6) is 0 Å². The average Bonchev–Trinajstić information content (AvgIpc) is 3.13. The van der Waals surface area contributed by atoms with E-state index in [1.165, 1.54) is 0 Å². The summed E-state index contributed by atoms with van der Waals surface area (Å²) in [5.74, 6) is -5.71. The highest BCUT2D eigenvalue weighted by Gasteiger charge is 2.52. The number of carbonyl (C=O) groups is 2. The Morgan fingerprint density at radius 1 is 1.15 bits per heavy atom. The normalized spacial score (nSPS) is 23.3. The number of aryl methyl sites for hydroxylation is 1. The first-order valence-corrected chi connectivity index (χ1v) is 7.38. The van der Waals surface area contributed by atoms with Crippen LogP contribution in [-0.2, 0) is 30.3 Å². The molecule has 2 heterocycles. The number of ether oxygens (including phenoxy) is 3. The van der Waals surface area contributed by atoms with E-state index in [0.717, 1.165) is 4.80 Å². The summed E-state index contributed by atoms with van der Waals surface area (Å²) in [5.41, 5.74) is 0. The van der Waals surface area contributed by atoms with Crippen LogP contribution in [0.2, 0.25) is 0 Å². The van der Waals surface area contributed by atoms with Crippen molar-refractivity contribution in [2.75, 3.05) is 6.61 Å². The fraction of sp³-hybridized carbons (Fsp3) is 0.750. The van der Waals surface area contributed by atoms with Gasteiger partial charge in [-0.1, -0.05) is 6.92 Å². The molecule has 0 saturated carbocycles. The van der Waals surface area contributed by atoms with Crippen molar-refractivity contribution >= 4 is 11.9 Å². The second-order valence-electron chi connectivity index (χ2n) is 5.31. The molecule has 0 aromatic carbocycles. The number of aromatic nitrogens is 4. The van der Waals surface area contributed by atoms with E-state index in [-0.39, 0.29) is 5.82 Å². The summed E-state index contributed by atoms with van der Waals surface area (Å²) in [7, 11) is 0. The second-order valence-corrected chi connectivity index (χ2v) is 5.31. The van der Waals surface area contributed by atoms with Gasteiger partial charge in [-0.2, -0.15) is 31.1 Å². The molecule has 1 aromatic heterocycles. The Balaban J connectivity index is 2.24. The van der Waals surface area contributed by atoms with Gasteiger partial charge < -0.3 is 14.2 Å². The quantitative estimate of drug-likeness (QED) is 0.529. The third-order valence-electron chi connectivity index (χ3n) is 3.22. The Hall–Kier alpha value is -2.45. The summed E-state index contributed by atoms with van der Waals surface area (Å²) in [6, 6.07) is 0. The van der Waals surface area contributed by atoms with E-state index in [2.05, 4.69) is 24.9 Å². The highest BCUT2D eigenvalue weighted by atomic mass is 19.4. The Morgan fingerprint density at radius 2 is 1.74 bits per heavy atom. The van der Waals surface area contributed by atoms with Crippen LogP contribution in [0.1, 0.15) is 25.3 Å². The molecule has 27 heavy (non-hydrogen) atoms. The van der Waals surface area contributed by atoms with Crippen molar-refractivity contribution in [3.05, 3.63) is 5.82 Å². The smallest absolute Gasteiger partial charge is 0.449 e. The number of halogens is 6. The molecular formula is C12H12F6N4O5. The summed E-state index contributed by atoms with van der Waals surface area (Å²) < 4.78 is 87.7. The lowest BCUT2D eigenvalue weighted by Gasteiger charge is -2.22. The number of esters is 2. The lowest BCUT2D eigenvalue weighted by molar-refractivity contribution is -0.219. The lowest BCUT2D eigenvalue weighted by atomic mass is 10.1. The van der Waals surface area contributed by atoms with E-state index in [9.17, 15) is 35.9 Å². The molecule has 0 amide bonds. The third-order valence-corrected chi connectivity index (χ3v) is 3.22. The molecule has 0 radical (unpaired) electrons. The molecule has 0 spiro atoms. The zero-order valence-electron chi connectivity index (χ0n) is 13.5. The summed E-state index contributed by atoms with van der Waals surface area (Å²) in [6.07, 6.45) is -15.9. The molecule has 1 aliphatic rings. The van der Waals surface area contributed by atoms with E-state index in [4.69, 9.17) is 4.74 Å². The number of nitrogens with zero attached hydrogens (tertiary/aromatic N) is 4. The number of rotatable bonds is 5. The van der Waals surface area contributed by atoms with Crippen molar-refractivity contribution in [3.8, 4) is 0 Å². The molecule has 0 bridgehead atoms. The van der Waals surface area contributed by atoms with Gasteiger partial charge in [0.2, 0.25) is 5.82 Å². The van der Waals surface area contributed by atoms with Gasteiger partial charge in [-0.25, -0.2) is 9.59 Å². The predicted molar refractivity (Wildman–Crippen MR) is 68.7 cm³/mol. The minimum atomic E-state index is -5.43. The Morgan fingerprint density at radius 3 is 2.30 bits per heavy atom. The second kappa shape index (κ2) is 7.66. The maximum atomic E-state index is 12.5. The fourth-order valence-corrected chi connectivity index (χ4v) is 2.10. The maximum Gasteiger partial charge on any atom is 0.490 e. The van der Waals surface area contributed by atoms with Crippen molar-refractivity contribution in [3.63, 3.8) is 0 Å². The van der Waals surface area contributed by atoms with Crippen molar-refractivity contribution < 1.29 is 50.1 Å². The zero-order valence-corrected chi connectivity index (χ0v) is 13.5. The van der Waals surface area contributed by atoms with Crippen LogP contribution in [0.15, 0.2) is 0 Å². The van der Waals surface area contributed by atoms with E-state index in [1.54, 1.807) is 6.92 Å². The summed E-state index contributed by atoms with van der Waals surface area (Å²) >= 11 is 0. The molecule has 1 fully saturated rings. The summed E-state index contributed by atoms with van der Waals surface area (Å²) in [4.78, 5) is 23.1. The van der Waals surface area contributed by atoms with Gasteiger partial charge in [0, 0.05) is 0 Å². The number of tetrazole rings is 1. The molecule has 3 unspecified atom stereocenters. The van der Waals surface area contributed by atoms with Gasteiger partial charge in [-0.15, -0.1) is 10.2 Å². The molecular weight excluding hydrogens is 394 g/mol. The molecule has 1 aromatic rings. The maximum absolute atomic E-state index is 12.5. The van der Waals surface area contributed by atoms with Gasteiger partial charge in [0.1, 0.15) is 0 Å². The molecule has 15 heteroatoms. The molecule has 1 saturated heterocycles. The average molecular weight is 406 g/mol. The van der Waals surface area contributed by atoms with Crippen LogP contribution in [0, 0.1) is 0 Å². The van der Waals surface area contributed by atoms with Crippen LogP contribution < -0.4 is 0 Å². The van der Waals surface area contributed by atoms with Crippen LogP contribution in [0.3, 0.4) is 0 Å². The first-order valence-electron chi connectivity index (χ1n) is 7.38. The van der Waals surface area contributed by atoms with Crippen molar-refractivity contribution in [1.29, 1.82) is 0 Å². The first-order chi connectivity index (χ1) is 12.4. The van der Waals surface area contributed by atoms with E-state index in [1.807, 2.05) is 0 Å². The van der Waals surface area contributed by atoms with E-state index in [0.29, 0.717) is 13.0 Å². The monoisotopic (exact) mass is 406 g/mol. The van der Waals surface area contributed by atoms with Crippen molar-refractivity contribution in [2.45, 2.75) is 50.6 Å². The highest BCUT2D eigenvalue weighted by Crippen LogP contribution is 2.34. The molecule has 0 N–H and O–H groups in total. The number of hydrogen-bond donors (Lipinski definition) is 0. The first kappa shape index (κ1) is 20.9. The van der Waals surface area contributed by atoms with Gasteiger partial charge in [0.05, 0.1) is 13.2 Å². The van der Waals surface area contributed by atoms with Gasteiger partial charge in [0.25, 0.3) is 0 Å². The molecule has 3 atom stereocenters. The van der Waals surface area contributed by atoms with Gasteiger partial charge in [-0.05, 0) is 11.6 Å². The zero-order chi connectivity index (χ0) is 20.4. The Labute approximate surface area is 146 Å². The molecule has 9 nitrogen and oxygen atoms in total. The lowest BCUT2D eigenvalue weighted by Crippen LogP contribution is -2.41. The van der Waals surface area contributed by atoms with E-state index < -0.39 is 49.2 Å². The van der Waals surface area contributed by atoms with Gasteiger partial charge in [-0.3, -0.25) is 0 Å². The van der Waals surface area contributed by atoms with Gasteiger partial charge in [0.15, 0.2) is 18.3 Å². The predicted octanol–water partition coefficient (Wildman–Crippen LogP) is 1.10. The number of hydrogen-bond acceptors (Lipinski definition) is 8. The summed E-state index contributed by atoms with van der Waals surface area (Å²) in [5, 5.41) is 10.9.